The third-order valence-electron chi connectivity index (χ3n) is 3.51. The molecule has 0 amide bonds. The van der Waals surface area contributed by atoms with E-state index < -0.39 is 10.9 Å². The number of rotatable bonds is 3. The molecule has 0 spiro atoms. The number of nitro benzene ring substituents is 1. The van der Waals surface area contributed by atoms with Gasteiger partial charge in [0, 0.05) is 30.4 Å². The average Bonchev–Trinajstić information content (AvgIpc) is 2.38. The lowest BCUT2D eigenvalue weighted by atomic mass is 9.97. The molecular weight excluding hydrogens is 248 g/mol. The number of anilines is 1. The summed E-state index contributed by atoms with van der Waals surface area (Å²) in [6.45, 7) is 2.95. The summed E-state index contributed by atoms with van der Waals surface area (Å²) in [5.41, 5.74) is 1.55. The first-order valence-electron chi connectivity index (χ1n) is 6.22. The maximum absolute atomic E-state index is 11.0. The minimum Gasteiger partial charge on any atom is -0.481 e. The van der Waals surface area contributed by atoms with E-state index in [4.69, 9.17) is 5.11 Å². The molecule has 0 aromatic heterocycles. The number of nitro groups is 1. The molecule has 19 heavy (non-hydrogen) atoms. The van der Waals surface area contributed by atoms with Gasteiger partial charge in [-0.1, -0.05) is 0 Å². The fourth-order valence-corrected chi connectivity index (χ4v) is 2.45. The van der Waals surface area contributed by atoms with Gasteiger partial charge in [-0.05, 0) is 31.9 Å². The summed E-state index contributed by atoms with van der Waals surface area (Å²) in [7, 11) is 0. The number of nitrogens with zero attached hydrogens (tertiary/aromatic N) is 2. The second-order valence-corrected chi connectivity index (χ2v) is 4.85. The summed E-state index contributed by atoms with van der Waals surface area (Å²) < 4.78 is 0. The van der Waals surface area contributed by atoms with E-state index in [9.17, 15) is 14.9 Å². The van der Waals surface area contributed by atoms with Crippen molar-refractivity contribution < 1.29 is 14.8 Å². The molecule has 1 fully saturated rings. The van der Waals surface area contributed by atoms with Gasteiger partial charge in [0.15, 0.2) is 0 Å². The van der Waals surface area contributed by atoms with Crippen molar-refractivity contribution >= 4 is 17.3 Å². The molecule has 6 heteroatoms. The molecule has 1 N–H and O–H groups in total. The van der Waals surface area contributed by atoms with Crippen molar-refractivity contribution in [3.8, 4) is 0 Å². The van der Waals surface area contributed by atoms with Crippen LogP contribution in [0.4, 0.5) is 11.4 Å². The van der Waals surface area contributed by atoms with Crippen molar-refractivity contribution in [1.29, 1.82) is 0 Å². The third-order valence-corrected chi connectivity index (χ3v) is 3.51. The Bertz CT molecular complexity index is 515. The smallest absolute Gasteiger partial charge is 0.308 e. The van der Waals surface area contributed by atoms with Gasteiger partial charge >= 0.3 is 5.97 Å². The third kappa shape index (κ3) is 2.83. The molecule has 1 atom stereocenters. The van der Waals surface area contributed by atoms with E-state index in [1.807, 2.05) is 4.90 Å². The first-order chi connectivity index (χ1) is 8.99. The minimum absolute atomic E-state index is 0.0931. The molecule has 1 aromatic carbocycles. The first-order valence-corrected chi connectivity index (χ1v) is 6.22. The van der Waals surface area contributed by atoms with Crippen LogP contribution in [0.3, 0.4) is 0 Å². The molecule has 1 aliphatic rings. The second kappa shape index (κ2) is 5.26. The number of hydrogen-bond donors (Lipinski definition) is 1. The number of carbonyl (C=O) groups is 1. The van der Waals surface area contributed by atoms with Crippen molar-refractivity contribution in [2.24, 2.45) is 5.92 Å². The maximum Gasteiger partial charge on any atom is 0.308 e. The van der Waals surface area contributed by atoms with E-state index in [0.29, 0.717) is 18.5 Å². The minimum atomic E-state index is -0.775. The van der Waals surface area contributed by atoms with Crippen LogP contribution in [0.5, 0.6) is 0 Å². The fraction of sp³-hybridized carbons (Fsp3) is 0.462. The van der Waals surface area contributed by atoms with Gasteiger partial charge in [-0.2, -0.15) is 0 Å². The van der Waals surface area contributed by atoms with Gasteiger partial charge in [0.2, 0.25) is 0 Å². The van der Waals surface area contributed by atoms with Gasteiger partial charge in [0.25, 0.3) is 5.69 Å². The molecule has 102 valence electrons. The summed E-state index contributed by atoms with van der Waals surface area (Å²) in [5.74, 6) is -1.13. The predicted octanol–water partition coefficient (Wildman–Crippen LogP) is 2.20. The van der Waals surface area contributed by atoms with E-state index in [1.165, 1.54) is 6.07 Å². The Morgan fingerprint density at radius 3 is 2.84 bits per heavy atom. The molecule has 1 aromatic rings. The van der Waals surface area contributed by atoms with Gasteiger partial charge in [0.1, 0.15) is 0 Å². The lowest BCUT2D eigenvalue weighted by Crippen LogP contribution is -2.38. The molecule has 6 nitrogen and oxygen atoms in total. The number of aryl methyl sites for hydroxylation is 1. The number of carboxylic acids is 1. The highest BCUT2D eigenvalue weighted by atomic mass is 16.6. The molecule has 1 aliphatic heterocycles. The first kappa shape index (κ1) is 13.3. The Balaban J connectivity index is 2.20. The van der Waals surface area contributed by atoms with Crippen LogP contribution in [-0.4, -0.2) is 29.1 Å². The number of carboxylic acid groups (broad SMARTS) is 1. The van der Waals surface area contributed by atoms with E-state index in [2.05, 4.69) is 0 Å². The maximum atomic E-state index is 11.0. The highest BCUT2D eigenvalue weighted by Gasteiger charge is 2.26. The average molecular weight is 264 g/mol. The monoisotopic (exact) mass is 264 g/mol. The molecule has 0 saturated carbocycles. The van der Waals surface area contributed by atoms with Gasteiger partial charge in [-0.3, -0.25) is 14.9 Å². The van der Waals surface area contributed by atoms with Crippen LogP contribution in [0, 0.1) is 23.0 Å². The van der Waals surface area contributed by atoms with E-state index in [0.717, 1.165) is 18.7 Å². The topological polar surface area (TPSA) is 83.7 Å². The van der Waals surface area contributed by atoms with Crippen molar-refractivity contribution in [2.45, 2.75) is 19.8 Å². The zero-order chi connectivity index (χ0) is 14.0. The largest absolute Gasteiger partial charge is 0.481 e. The van der Waals surface area contributed by atoms with Gasteiger partial charge in [0.05, 0.1) is 10.8 Å². The quantitative estimate of drug-likeness (QED) is 0.668. The zero-order valence-electron chi connectivity index (χ0n) is 10.7. The van der Waals surface area contributed by atoms with Crippen LogP contribution < -0.4 is 4.90 Å². The van der Waals surface area contributed by atoms with Crippen LogP contribution in [0.2, 0.25) is 0 Å². The summed E-state index contributed by atoms with van der Waals surface area (Å²) in [4.78, 5) is 23.4. The van der Waals surface area contributed by atoms with Crippen LogP contribution in [0.25, 0.3) is 0 Å². The Hall–Kier alpha value is -2.11. The van der Waals surface area contributed by atoms with Crippen molar-refractivity contribution in [3.05, 3.63) is 33.9 Å². The molecule has 0 unspecified atom stereocenters. The molecular formula is C13H16N2O4. The molecule has 0 aliphatic carbocycles. The Morgan fingerprint density at radius 2 is 2.26 bits per heavy atom. The molecule has 0 bridgehead atoms. The molecule has 1 saturated heterocycles. The lowest BCUT2D eigenvalue weighted by molar-refractivity contribution is -0.385. The van der Waals surface area contributed by atoms with Gasteiger partial charge < -0.3 is 10.0 Å². The standard InChI is InChI=1S/C13H16N2O4/c1-9-7-11(4-5-12(9)15(18)19)14-6-2-3-10(8-14)13(16)17/h4-5,7,10H,2-3,6,8H2,1H3,(H,16,17)/t10-/m0/s1. The van der Waals surface area contributed by atoms with Crippen LogP contribution in [-0.2, 0) is 4.79 Å². The van der Waals surface area contributed by atoms with Gasteiger partial charge in [-0.15, -0.1) is 0 Å². The zero-order valence-corrected chi connectivity index (χ0v) is 10.7. The Morgan fingerprint density at radius 1 is 1.53 bits per heavy atom. The van der Waals surface area contributed by atoms with Gasteiger partial charge in [-0.25, -0.2) is 0 Å². The highest BCUT2D eigenvalue weighted by Crippen LogP contribution is 2.27. The van der Waals surface area contributed by atoms with E-state index in [-0.39, 0.29) is 11.6 Å². The van der Waals surface area contributed by atoms with E-state index in [1.54, 1.807) is 19.1 Å². The number of benzene rings is 1. The Kier molecular flexibility index (Phi) is 3.69. The van der Waals surface area contributed by atoms with Crippen molar-refractivity contribution in [3.63, 3.8) is 0 Å². The molecule has 2 rings (SSSR count). The highest BCUT2D eigenvalue weighted by molar-refractivity contribution is 5.71. The fourth-order valence-electron chi connectivity index (χ4n) is 2.45. The van der Waals surface area contributed by atoms with Crippen molar-refractivity contribution in [1.82, 2.24) is 0 Å². The van der Waals surface area contributed by atoms with E-state index >= 15 is 0 Å². The molecule has 0 radical (unpaired) electrons. The summed E-state index contributed by atoms with van der Waals surface area (Å²) >= 11 is 0. The summed E-state index contributed by atoms with van der Waals surface area (Å²) in [6.07, 6.45) is 1.52. The summed E-state index contributed by atoms with van der Waals surface area (Å²) in [5, 5.41) is 19.8. The van der Waals surface area contributed by atoms with Crippen LogP contribution >= 0.6 is 0 Å². The number of aliphatic carboxylic acids is 1. The normalized spacial score (nSPS) is 19.2. The SMILES string of the molecule is Cc1cc(N2CCC[C@H](C(=O)O)C2)ccc1[N+](=O)[O-]. The number of piperidine rings is 1. The summed E-state index contributed by atoms with van der Waals surface area (Å²) in [6, 6.07) is 4.92. The molecule has 1 heterocycles. The van der Waals surface area contributed by atoms with Crippen LogP contribution in [0.15, 0.2) is 18.2 Å². The van der Waals surface area contributed by atoms with Crippen LogP contribution in [0.1, 0.15) is 18.4 Å². The number of hydrogen-bond acceptors (Lipinski definition) is 4. The Labute approximate surface area is 110 Å². The lowest BCUT2D eigenvalue weighted by Gasteiger charge is -2.32. The van der Waals surface area contributed by atoms with Crippen molar-refractivity contribution in [2.75, 3.05) is 18.0 Å². The predicted molar refractivity (Wildman–Crippen MR) is 70.4 cm³/mol. The second-order valence-electron chi connectivity index (χ2n) is 4.85.